The van der Waals surface area contributed by atoms with Crippen LogP contribution in [0.5, 0.6) is 0 Å². The molecule has 2 atom stereocenters. The molecule has 0 spiro atoms. The second-order valence-corrected chi connectivity index (χ2v) is 7.31. The number of carbonyl (C=O) groups is 1. The molecule has 0 unspecified atom stereocenters. The van der Waals surface area contributed by atoms with Crippen LogP contribution in [0.3, 0.4) is 0 Å². The molecule has 30 heavy (non-hydrogen) atoms. The van der Waals surface area contributed by atoms with Gasteiger partial charge in [0.2, 0.25) is 0 Å². The fourth-order valence-corrected chi connectivity index (χ4v) is 3.63. The third-order valence-electron chi connectivity index (χ3n) is 5.26. The summed E-state index contributed by atoms with van der Waals surface area (Å²) >= 11 is 0. The van der Waals surface area contributed by atoms with E-state index in [1.165, 1.54) is 17.8 Å². The lowest BCUT2D eigenvalue weighted by Gasteiger charge is -2.21. The van der Waals surface area contributed by atoms with E-state index >= 15 is 0 Å². The number of carboxylic acids is 1. The predicted molar refractivity (Wildman–Crippen MR) is 109 cm³/mol. The number of hydrogen-bond acceptors (Lipinski definition) is 6. The molecule has 158 valence electrons. The van der Waals surface area contributed by atoms with Crippen molar-refractivity contribution in [2.75, 3.05) is 0 Å². The molecule has 3 rings (SSSR count). The summed E-state index contributed by atoms with van der Waals surface area (Å²) in [5.41, 5.74) is 1.21. The van der Waals surface area contributed by atoms with Gasteiger partial charge in [0.05, 0.1) is 11.5 Å². The van der Waals surface area contributed by atoms with Crippen LogP contribution in [0.25, 0.3) is 11.1 Å². The number of rotatable bonds is 8. The first-order valence-electron chi connectivity index (χ1n) is 9.65. The predicted octanol–water partition coefficient (Wildman–Crippen LogP) is 1.09. The number of hydrogen-bond donors (Lipinski definition) is 2. The molecule has 0 aliphatic rings. The van der Waals surface area contributed by atoms with Crippen LogP contribution >= 0.6 is 0 Å². The molecule has 2 heterocycles. The number of carboxylic acid groups (broad SMARTS) is 1. The van der Waals surface area contributed by atoms with Crippen LogP contribution < -0.4 is 11.2 Å². The highest BCUT2D eigenvalue weighted by atomic mass is 16.4. The average Bonchev–Trinajstić information content (AvgIpc) is 3.26. The highest BCUT2D eigenvalue weighted by Gasteiger charge is 2.32. The third-order valence-corrected chi connectivity index (χ3v) is 5.26. The van der Waals surface area contributed by atoms with Gasteiger partial charge in [0.25, 0.3) is 5.56 Å². The van der Waals surface area contributed by atoms with Gasteiger partial charge in [-0.05, 0) is 24.0 Å². The molecule has 1 aromatic carbocycles. The molecule has 0 amide bonds. The van der Waals surface area contributed by atoms with Gasteiger partial charge < -0.3 is 9.67 Å². The largest absolute Gasteiger partial charge is 0.481 e. The maximum absolute atomic E-state index is 12.5. The summed E-state index contributed by atoms with van der Waals surface area (Å²) in [6.07, 6.45) is 3.16. The Morgan fingerprint density at radius 1 is 1.20 bits per heavy atom. The number of aliphatic carboxylic acids is 1. The molecule has 2 N–H and O–H groups in total. The molecule has 10 nitrogen and oxygen atoms in total. The van der Waals surface area contributed by atoms with Crippen molar-refractivity contribution in [3.05, 3.63) is 62.7 Å². The Balaban J connectivity index is 1.93. The minimum atomic E-state index is -0.892. The SMILES string of the molecule is CCC[C@H](C(=O)O)[C@H](Cc1ccc(-c2cn(C)c(=O)n(C)c2=O)cc1)c1nn[nH]n1. The van der Waals surface area contributed by atoms with Gasteiger partial charge in [-0.2, -0.15) is 5.21 Å². The van der Waals surface area contributed by atoms with E-state index in [2.05, 4.69) is 20.6 Å². The first kappa shape index (κ1) is 21.2. The molecule has 3 aromatic rings. The summed E-state index contributed by atoms with van der Waals surface area (Å²) in [5.74, 6) is -1.59. The van der Waals surface area contributed by atoms with Gasteiger partial charge in [0.15, 0.2) is 5.82 Å². The number of aryl methyl sites for hydroxylation is 1. The van der Waals surface area contributed by atoms with Gasteiger partial charge in [-0.25, -0.2) is 4.79 Å². The van der Waals surface area contributed by atoms with Crippen molar-refractivity contribution < 1.29 is 9.90 Å². The molecule has 0 aliphatic carbocycles. The van der Waals surface area contributed by atoms with Crippen molar-refractivity contribution in [2.45, 2.75) is 32.1 Å². The van der Waals surface area contributed by atoms with Crippen molar-refractivity contribution in [2.24, 2.45) is 20.0 Å². The summed E-state index contributed by atoms with van der Waals surface area (Å²) < 4.78 is 2.43. The van der Waals surface area contributed by atoms with Crippen LogP contribution in [-0.4, -0.2) is 40.8 Å². The Hall–Kier alpha value is -3.56. The van der Waals surface area contributed by atoms with E-state index in [1.807, 2.05) is 19.1 Å². The lowest BCUT2D eigenvalue weighted by Crippen LogP contribution is -2.37. The Bertz CT molecular complexity index is 1130. The lowest BCUT2D eigenvalue weighted by molar-refractivity contribution is -0.142. The van der Waals surface area contributed by atoms with Gasteiger partial charge >= 0.3 is 11.7 Å². The molecular formula is C20H24N6O4. The van der Waals surface area contributed by atoms with E-state index in [1.54, 1.807) is 19.2 Å². The van der Waals surface area contributed by atoms with E-state index in [0.29, 0.717) is 29.8 Å². The van der Waals surface area contributed by atoms with Crippen LogP contribution in [0.4, 0.5) is 0 Å². The first-order valence-corrected chi connectivity index (χ1v) is 9.65. The lowest BCUT2D eigenvalue weighted by atomic mass is 9.83. The molecule has 0 bridgehead atoms. The summed E-state index contributed by atoms with van der Waals surface area (Å²) in [4.78, 5) is 36.2. The topological polar surface area (TPSA) is 136 Å². The van der Waals surface area contributed by atoms with Gasteiger partial charge in [-0.1, -0.05) is 42.8 Å². The average molecular weight is 412 g/mol. The summed E-state index contributed by atoms with van der Waals surface area (Å²) in [7, 11) is 3.03. The minimum Gasteiger partial charge on any atom is -0.481 e. The van der Waals surface area contributed by atoms with E-state index in [0.717, 1.165) is 16.6 Å². The standard InChI is InChI=1S/C20H24N6O4/c1-4-5-14(19(28)29)15(17-21-23-24-22-17)10-12-6-8-13(9-7-12)16-11-25(2)20(30)26(3)18(16)27/h6-9,11,14-15H,4-5,10H2,1-3H3,(H,28,29)(H,21,22,23,24)/t14-,15-/m0/s1. The summed E-state index contributed by atoms with van der Waals surface area (Å²) in [6.45, 7) is 1.94. The number of nitrogens with zero attached hydrogens (tertiary/aromatic N) is 5. The van der Waals surface area contributed by atoms with Gasteiger partial charge in [-0.15, -0.1) is 10.2 Å². The third kappa shape index (κ3) is 4.22. The number of benzene rings is 1. The maximum Gasteiger partial charge on any atom is 0.330 e. The quantitative estimate of drug-likeness (QED) is 0.565. The highest BCUT2D eigenvalue weighted by Crippen LogP contribution is 2.30. The van der Waals surface area contributed by atoms with Gasteiger partial charge in [0.1, 0.15) is 0 Å². The second-order valence-electron chi connectivity index (χ2n) is 7.31. The van der Waals surface area contributed by atoms with Crippen molar-refractivity contribution in [1.29, 1.82) is 0 Å². The molecule has 10 heteroatoms. The van der Waals surface area contributed by atoms with Gasteiger partial charge in [-0.3, -0.25) is 14.2 Å². The zero-order valence-corrected chi connectivity index (χ0v) is 17.1. The number of aromatic amines is 1. The van der Waals surface area contributed by atoms with Gasteiger partial charge in [0, 0.05) is 26.2 Å². The van der Waals surface area contributed by atoms with Crippen molar-refractivity contribution in [3.8, 4) is 11.1 Å². The maximum atomic E-state index is 12.5. The molecule has 0 saturated heterocycles. The van der Waals surface area contributed by atoms with Crippen LogP contribution in [0.15, 0.2) is 40.1 Å². The monoisotopic (exact) mass is 412 g/mol. The molecular weight excluding hydrogens is 388 g/mol. The Morgan fingerprint density at radius 2 is 1.90 bits per heavy atom. The minimum absolute atomic E-state index is 0.367. The number of aromatic nitrogens is 6. The zero-order chi connectivity index (χ0) is 21.8. The number of tetrazole rings is 1. The first-order chi connectivity index (χ1) is 14.3. The van der Waals surface area contributed by atoms with Crippen LogP contribution in [0.1, 0.15) is 37.1 Å². The second kappa shape index (κ2) is 8.85. The summed E-state index contributed by atoms with van der Waals surface area (Å²) in [6, 6.07) is 7.27. The highest BCUT2D eigenvalue weighted by molar-refractivity contribution is 5.71. The molecule has 0 fully saturated rings. The van der Waals surface area contributed by atoms with E-state index in [-0.39, 0.29) is 11.2 Å². The van der Waals surface area contributed by atoms with E-state index in [4.69, 9.17) is 0 Å². The van der Waals surface area contributed by atoms with Crippen molar-refractivity contribution in [1.82, 2.24) is 29.8 Å². The fraction of sp³-hybridized carbons (Fsp3) is 0.400. The normalized spacial score (nSPS) is 13.2. The Morgan fingerprint density at radius 3 is 2.47 bits per heavy atom. The molecule has 2 aromatic heterocycles. The van der Waals surface area contributed by atoms with Crippen LogP contribution in [0.2, 0.25) is 0 Å². The van der Waals surface area contributed by atoms with Crippen LogP contribution in [-0.2, 0) is 25.3 Å². The number of H-pyrrole nitrogens is 1. The molecule has 0 aliphatic heterocycles. The number of nitrogens with one attached hydrogen (secondary N) is 1. The Kier molecular flexibility index (Phi) is 6.24. The molecule has 0 saturated carbocycles. The van der Waals surface area contributed by atoms with Crippen LogP contribution in [0, 0.1) is 5.92 Å². The Labute approximate surface area is 172 Å². The van der Waals surface area contributed by atoms with Crippen molar-refractivity contribution >= 4 is 5.97 Å². The summed E-state index contributed by atoms with van der Waals surface area (Å²) in [5, 5.41) is 23.7. The van der Waals surface area contributed by atoms with E-state index < -0.39 is 17.8 Å². The fourth-order valence-electron chi connectivity index (χ4n) is 3.63. The molecule has 0 radical (unpaired) electrons. The zero-order valence-electron chi connectivity index (χ0n) is 17.1. The van der Waals surface area contributed by atoms with E-state index in [9.17, 15) is 19.5 Å². The smallest absolute Gasteiger partial charge is 0.330 e. The van der Waals surface area contributed by atoms with Crippen molar-refractivity contribution in [3.63, 3.8) is 0 Å².